The highest BCUT2D eigenvalue weighted by molar-refractivity contribution is 5.34. The molecule has 2 N–H and O–H groups in total. The molecule has 114 valence electrons. The van der Waals surface area contributed by atoms with Crippen LogP contribution in [0.15, 0.2) is 24.3 Å². The molecule has 0 amide bonds. The first kappa shape index (κ1) is 15.7. The number of benzene rings is 1. The van der Waals surface area contributed by atoms with E-state index in [0.29, 0.717) is 37.6 Å². The summed E-state index contributed by atoms with van der Waals surface area (Å²) in [5.41, 5.74) is 0.571. The van der Waals surface area contributed by atoms with Gasteiger partial charge in [0.2, 0.25) is 0 Å². The molecule has 1 fully saturated rings. The first-order valence-electron chi connectivity index (χ1n) is 6.96. The fraction of sp³-hybridized carbons (Fsp3) is 0.533. The van der Waals surface area contributed by atoms with Crippen molar-refractivity contribution in [2.45, 2.75) is 12.1 Å². The van der Waals surface area contributed by atoms with Crippen LogP contribution in [0, 0.1) is 11.3 Å². The maximum absolute atomic E-state index is 10.0. The Bertz CT molecular complexity index is 472. The second-order valence-corrected chi connectivity index (χ2v) is 5.01. The van der Waals surface area contributed by atoms with Gasteiger partial charge in [0, 0.05) is 13.1 Å². The van der Waals surface area contributed by atoms with Crippen LogP contribution in [-0.4, -0.2) is 66.8 Å². The molecule has 1 aromatic rings. The molecule has 1 aromatic carbocycles. The van der Waals surface area contributed by atoms with E-state index in [1.807, 2.05) is 11.0 Å². The number of aliphatic hydroxyl groups is 2. The van der Waals surface area contributed by atoms with Crippen LogP contribution < -0.4 is 4.74 Å². The third-order valence-corrected chi connectivity index (χ3v) is 3.43. The van der Waals surface area contributed by atoms with Crippen LogP contribution in [0.4, 0.5) is 0 Å². The van der Waals surface area contributed by atoms with Crippen molar-refractivity contribution in [2.75, 3.05) is 39.5 Å². The van der Waals surface area contributed by atoms with Gasteiger partial charge in [0.15, 0.2) is 0 Å². The van der Waals surface area contributed by atoms with Crippen LogP contribution in [-0.2, 0) is 4.74 Å². The van der Waals surface area contributed by atoms with E-state index in [-0.39, 0.29) is 19.3 Å². The van der Waals surface area contributed by atoms with E-state index in [4.69, 9.17) is 14.7 Å². The molecule has 0 aromatic heterocycles. The Kier molecular flexibility index (Phi) is 5.96. The minimum atomic E-state index is -0.646. The van der Waals surface area contributed by atoms with Crippen LogP contribution in [0.25, 0.3) is 0 Å². The number of morpholine rings is 1. The van der Waals surface area contributed by atoms with Gasteiger partial charge in [0.25, 0.3) is 0 Å². The summed E-state index contributed by atoms with van der Waals surface area (Å²) < 4.78 is 10.8. The van der Waals surface area contributed by atoms with Crippen LogP contribution in [0.2, 0.25) is 0 Å². The van der Waals surface area contributed by atoms with Crippen molar-refractivity contribution in [2.24, 2.45) is 0 Å². The largest absolute Gasteiger partial charge is 0.491 e. The summed E-state index contributed by atoms with van der Waals surface area (Å²) in [4.78, 5) is 2.01. The first-order chi connectivity index (χ1) is 10.2. The molecule has 1 saturated heterocycles. The van der Waals surface area contributed by atoms with Gasteiger partial charge in [-0.3, -0.25) is 4.90 Å². The van der Waals surface area contributed by atoms with E-state index in [1.54, 1.807) is 24.3 Å². The van der Waals surface area contributed by atoms with E-state index in [9.17, 15) is 10.2 Å². The zero-order chi connectivity index (χ0) is 15.1. The summed E-state index contributed by atoms with van der Waals surface area (Å²) in [5.74, 6) is 0.619. The van der Waals surface area contributed by atoms with Crippen molar-refractivity contribution >= 4 is 0 Å². The Hall–Kier alpha value is -1.65. The molecule has 2 unspecified atom stereocenters. The zero-order valence-electron chi connectivity index (χ0n) is 11.8. The van der Waals surface area contributed by atoms with Crippen molar-refractivity contribution in [3.8, 4) is 11.8 Å². The monoisotopic (exact) mass is 292 g/mol. The fourth-order valence-corrected chi connectivity index (χ4v) is 2.24. The van der Waals surface area contributed by atoms with Gasteiger partial charge in [-0.05, 0) is 24.3 Å². The first-order valence-corrected chi connectivity index (χ1v) is 6.96. The number of hydrogen-bond acceptors (Lipinski definition) is 6. The van der Waals surface area contributed by atoms with Crippen molar-refractivity contribution in [3.63, 3.8) is 0 Å². The number of rotatable bonds is 6. The molecule has 0 spiro atoms. The van der Waals surface area contributed by atoms with Gasteiger partial charge in [-0.15, -0.1) is 0 Å². The van der Waals surface area contributed by atoms with Crippen molar-refractivity contribution in [1.82, 2.24) is 4.90 Å². The number of nitriles is 1. The highest BCUT2D eigenvalue weighted by atomic mass is 16.5. The zero-order valence-corrected chi connectivity index (χ0v) is 11.8. The summed E-state index contributed by atoms with van der Waals surface area (Å²) in [6, 6.07) is 8.73. The predicted octanol–water partition coefficient (Wildman–Crippen LogP) is -0.00892. The van der Waals surface area contributed by atoms with Crippen LogP contribution in [0.1, 0.15) is 5.56 Å². The molecule has 0 saturated carbocycles. The van der Waals surface area contributed by atoms with Gasteiger partial charge in [0.05, 0.1) is 37.5 Å². The quantitative estimate of drug-likeness (QED) is 0.767. The number of nitrogens with zero attached hydrogens (tertiary/aromatic N) is 2. The second-order valence-electron chi connectivity index (χ2n) is 5.01. The van der Waals surface area contributed by atoms with Crippen LogP contribution in [0.5, 0.6) is 5.75 Å². The van der Waals surface area contributed by atoms with Gasteiger partial charge in [-0.1, -0.05) is 0 Å². The van der Waals surface area contributed by atoms with E-state index < -0.39 is 6.10 Å². The molecule has 6 heteroatoms. The summed E-state index contributed by atoms with van der Waals surface area (Å²) in [6.07, 6.45) is -0.646. The lowest BCUT2D eigenvalue weighted by Gasteiger charge is -2.35. The molecule has 0 radical (unpaired) electrons. The van der Waals surface area contributed by atoms with Gasteiger partial charge < -0.3 is 19.7 Å². The molecule has 2 atom stereocenters. The molecular formula is C15H20N2O4. The van der Waals surface area contributed by atoms with Crippen molar-refractivity contribution in [3.05, 3.63) is 29.8 Å². The van der Waals surface area contributed by atoms with Gasteiger partial charge >= 0.3 is 0 Å². The third kappa shape index (κ3) is 4.69. The number of hydrogen-bond donors (Lipinski definition) is 2. The van der Waals surface area contributed by atoms with Crippen LogP contribution in [0.3, 0.4) is 0 Å². The number of ether oxygens (including phenoxy) is 2. The molecule has 2 rings (SSSR count). The molecule has 21 heavy (non-hydrogen) atoms. The van der Waals surface area contributed by atoms with Gasteiger partial charge in [-0.25, -0.2) is 0 Å². The van der Waals surface area contributed by atoms with E-state index in [2.05, 4.69) is 0 Å². The fourth-order valence-electron chi connectivity index (χ4n) is 2.24. The van der Waals surface area contributed by atoms with Gasteiger partial charge in [0.1, 0.15) is 18.5 Å². The lowest BCUT2D eigenvalue weighted by atomic mass is 10.2. The Morgan fingerprint density at radius 3 is 2.86 bits per heavy atom. The molecule has 0 aliphatic carbocycles. The van der Waals surface area contributed by atoms with E-state index in [1.165, 1.54) is 0 Å². The Morgan fingerprint density at radius 2 is 2.19 bits per heavy atom. The molecule has 0 bridgehead atoms. The van der Waals surface area contributed by atoms with E-state index in [0.717, 1.165) is 0 Å². The Morgan fingerprint density at radius 1 is 1.43 bits per heavy atom. The lowest BCUT2D eigenvalue weighted by molar-refractivity contribution is -0.0480. The highest BCUT2D eigenvalue weighted by Gasteiger charge is 2.24. The second kappa shape index (κ2) is 7.96. The van der Waals surface area contributed by atoms with Crippen LogP contribution >= 0.6 is 0 Å². The maximum Gasteiger partial charge on any atom is 0.119 e. The Labute approximate surface area is 124 Å². The molecule has 1 aliphatic rings. The maximum atomic E-state index is 10.0. The minimum Gasteiger partial charge on any atom is -0.491 e. The van der Waals surface area contributed by atoms with Crippen molar-refractivity contribution < 1.29 is 19.7 Å². The highest BCUT2D eigenvalue weighted by Crippen LogP contribution is 2.12. The SMILES string of the molecule is N#Cc1ccc(OCC(O)CN2CCOCC2CO)cc1. The molecule has 1 heterocycles. The summed E-state index contributed by atoms with van der Waals surface area (Å²) in [6.45, 7) is 2.41. The van der Waals surface area contributed by atoms with E-state index >= 15 is 0 Å². The molecule has 6 nitrogen and oxygen atoms in total. The van der Waals surface area contributed by atoms with Crippen molar-refractivity contribution in [1.29, 1.82) is 5.26 Å². The standard InChI is InChI=1S/C15H20N2O4/c16-7-12-1-3-15(4-2-12)21-11-14(19)8-17-5-6-20-10-13(17)9-18/h1-4,13-14,18-19H,5-6,8-11H2. The lowest BCUT2D eigenvalue weighted by Crippen LogP contribution is -2.50. The topological polar surface area (TPSA) is 86.0 Å². The third-order valence-electron chi connectivity index (χ3n) is 3.43. The van der Waals surface area contributed by atoms with Gasteiger partial charge in [-0.2, -0.15) is 5.26 Å². The average Bonchev–Trinajstić information content (AvgIpc) is 2.54. The average molecular weight is 292 g/mol. The molecular weight excluding hydrogens is 272 g/mol. The smallest absolute Gasteiger partial charge is 0.119 e. The number of aliphatic hydroxyl groups excluding tert-OH is 2. The minimum absolute atomic E-state index is 0.0171. The summed E-state index contributed by atoms with van der Waals surface area (Å²) >= 11 is 0. The normalized spacial score (nSPS) is 20.7. The molecule has 1 aliphatic heterocycles. The Balaban J connectivity index is 1.78. The summed E-state index contributed by atoms with van der Waals surface area (Å²) in [5, 5.41) is 28.0. The summed E-state index contributed by atoms with van der Waals surface area (Å²) in [7, 11) is 0. The number of β-amino-alcohol motifs (C(OH)–C–C–N with tert-alkyl or cyclic N) is 1. The predicted molar refractivity (Wildman–Crippen MR) is 75.9 cm³/mol.